The van der Waals surface area contributed by atoms with Crippen molar-refractivity contribution in [1.82, 2.24) is 24.4 Å². The van der Waals surface area contributed by atoms with Crippen molar-refractivity contribution in [2.45, 2.75) is 6.92 Å². The van der Waals surface area contributed by atoms with Gasteiger partial charge in [0.15, 0.2) is 5.65 Å². The van der Waals surface area contributed by atoms with E-state index in [9.17, 15) is 4.79 Å². The molecule has 0 spiro atoms. The molecule has 114 valence electrons. The van der Waals surface area contributed by atoms with Crippen LogP contribution in [0.3, 0.4) is 0 Å². The molecule has 0 saturated carbocycles. The molecule has 0 fully saturated rings. The summed E-state index contributed by atoms with van der Waals surface area (Å²) < 4.78 is 3.14. The minimum absolute atomic E-state index is 0.146. The Labute approximate surface area is 132 Å². The van der Waals surface area contributed by atoms with Crippen LogP contribution in [0.2, 0.25) is 0 Å². The lowest BCUT2D eigenvalue weighted by Gasteiger charge is -2.02. The van der Waals surface area contributed by atoms with Crippen molar-refractivity contribution in [2.24, 2.45) is 7.05 Å². The van der Waals surface area contributed by atoms with Gasteiger partial charge in [0, 0.05) is 36.6 Å². The van der Waals surface area contributed by atoms with Gasteiger partial charge >= 0.3 is 0 Å². The Hall–Kier alpha value is -3.15. The number of benzene rings is 1. The van der Waals surface area contributed by atoms with E-state index in [0.29, 0.717) is 11.3 Å². The minimum Gasteiger partial charge on any atom is -0.296 e. The summed E-state index contributed by atoms with van der Waals surface area (Å²) in [7, 11) is 1.84. The summed E-state index contributed by atoms with van der Waals surface area (Å²) in [5, 5.41) is 7.11. The molecule has 23 heavy (non-hydrogen) atoms. The van der Waals surface area contributed by atoms with Crippen LogP contribution in [0.5, 0.6) is 0 Å². The fourth-order valence-electron chi connectivity index (χ4n) is 2.63. The fourth-order valence-corrected chi connectivity index (χ4v) is 2.63. The van der Waals surface area contributed by atoms with Gasteiger partial charge in [0.1, 0.15) is 0 Å². The molecule has 0 unspecified atom stereocenters. The number of nitrogens with one attached hydrogen (secondary N) is 1. The van der Waals surface area contributed by atoms with E-state index in [1.165, 1.54) is 16.1 Å². The highest BCUT2D eigenvalue weighted by atomic mass is 16.1. The van der Waals surface area contributed by atoms with E-state index in [-0.39, 0.29) is 5.56 Å². The number of hydrogen-bond acceptors (Lipinski definition) is 3. The van der Waals surface area contributed by atoms with Gasteiger partial charge in [-0.2, -0.15) is 5.10 Å². The third kappa shape index (κ3) is 2.24. The second kappa shape index (κ2) is 4.95. The van der Waals surface area contributed by atoms with Crippen LogP contribution < -0.4 is 5.56 Å². The Morgan fingerprint density at radius 1 is 1.13 bits per heavy atom. The molecule has 0 aliphatic carbocycles. The molecule has 3 aromatic heterocycles. The first kappa shape index (κ1) is 13.5. The molecule has 1 N–H and O–H groups in total. The van der Waals surface area contributed by atoms with Crippen LogP contribution in [0.4, 0.5) is 0 Å². The van der Waals surface area contributed by atoms with E-state index in [4.69, 9.17) is 0 Å². The Morgan fingerprint density at radius 3 is 2.61 bits per heavy atom. The van der Waals surface area contributed by atoms with E-state index >= 15 is 0 Å². The molecule has 0 radical (unpaired) electrons. The predicted molar refractivity (Wildman–Crippen MR) is 88.2 cm³/mol. The summed E-state index contributed by atoms with van der Waals surface area (Å²) in [6.45, 7) is 2.04. The van der Waals surface area contributed by atoms with Gasteiger partial charge in [-0.25, -0.2) is 9.50 Å². The third-order valence-electron chi connectivity index (χ3n) is 3.86. The van der Waals surface area contributed by atoms with Gasteiger partial charge < -0.3 is 0 Å². The average molecular weight is 305 g/mol. The third-order valence-corrected chi connectivity index (χ3v) is 3.86. The summed E-state index contributed by atoms with van der Waals surface area (Å²) in [6.07, 6.45) is 5.36. The van der Waals surface area contributed by atoms with Crippen molar-refractivity contribution >= 4 is 5.65 Å². The smallest absolute Gasteiger partial charge is 0.273 e. The highest BCUT2D eigenvalue weighted by molar-refractivity contribution is 5.78. The number of aryl methyl sites for hydroxylation is 2. The maximum atomic E-state index is 12.3. The second-order valence-electron chi connectivity index (χ2n) is 5.59. The van der Waals surface area contributed by atoms with Crippen molar-refractivity contribution < 1.29 is 0 Å². The van der Waals surface area contributed by atoms with Gasteiger partial charge in [0.25, 0.3) is 5.56 Å². The minimum atomic E-state index is -0.146. The van der Waals surface area contributed by atoms with Gasteiger partial charge in [-0.3, -0.25) is 14.6 Å². The number of hydrogen-bond donors (Lipinski definition) is 1. The molecule has 3 heterocycles. The topological polar surface area (TPSA) is 68.0 Å². The normalized spacial score (nSPS) is 11.2. The number of nitrogens with zero attached hydrogens (tertiary/aromatic N) is 4. The van der Waals surface area contributed by atoms with Gasteiger partial charge in [-0.1, -0.05) is 29.8 Å². The molecule has 1 aromatic carbocycles. The average Bonchev–Trinajstić information content (AvgIpc) is 3.15. The number of aromatic amines is 1. The first-order valence-electron chi connectivity index (χ1n) is 7.29. The highest BCUT2D eigenvalue weighted by Gasteiger charge is 2.12. The molecule has 6 nitrogen and oxygen atoms in total. The summed E-state index contributed by atoms with van der Waals surface area (Å²) in [5.41, 5.74) is 5.01. The summed E-state index contributed by atoms with van der Waals surface area (Å²) >= 11 is 0. The van der Waals surface area contributed by atoms with Crippen molar-refractivity contribution in [2.75, 3.05) is 0 Å². The number of H-pyrrole nitrogens is 1. The van der Waals surface area contributed by atoms with Crippen LogP contribution in [-0.2, 0) is 7.05 Å². The molecule has 0 aliphatic rings. The van der Waals surface area contributed by atoms with Crippen LogP contribution in [0.1, 0.15) is 5.56 Å². The van der Waals surface area contributed by atoms with Crippen LogP contribution in [-0.4, -0.2) is 24.4 Å². The van der Waals surface area contributed by atoms with Crippen molar-refractivity contribution in [3.05, 3.63) is 64.8 Å². The van der Waals surface area contributed by atoms with E-state index in [0.717, 1.165) is 16.7 Å². The predicted octanol–water partition coefficient (Wildman–Crippen LogP) is 2.40. The molecule has 0 atom stereocenters. The lowest BCUT2D eigenvalue weighted by molar-refractivity contribution is 0.768. The molecule has 4 rings (SSSR count). The quantitative estimate of drug-likeness (QED) is 0.618. The van der Waals surface area contributed by atoms with Crippen LogP contribution in [0, 0.1) is 6.92 Å². The lowest BCUT2D eigenvalue weighted by Crippen LogP contribution is -2.14. The monoisotopic (exact) mass is 305 g/mol. The Balaban J connectivity index is 1.95. The van der Waals surface area contributed by atoms with Crippen molar-refractivity contribution in [1.29, 1.82) is 0 Å². The van der Waals surface area contributed by atoms with Crippen molar-refractivity contribution in [3.8, 4) is 22.4 Å². The molecule has 0 aliphatic heterocycles. The van der Waals surface area contributed by atoms with E-state index in [1.807, 2.05) is 44.4 Å². The highest BCUT2D eigenvalue weighted by Crippen LogP contribution is 2.24. The summed E-state index contributed by atoms with van der Waals surface area (Å²) in [4.78, 5) is 17.0. The van der Waals surface area contributed by atoms with Gasteiger partial charge in [0.2, 0.25) is 0 Å². The van der Waals surface area contributed by atoms with Crippen molar-refractivity contribution in [3.63, 3.8) is 0 Å². The number of aromatic nitrogens is 5. The Kier molecular flexibility index (Phi) is 2.90. The molecule has 4 aromatic rings. The largest absolute Gasteiger partial charge is 0.296 e. The first-order valence-corrected chi connectivity index (χ1v) is 7.29. The molecule has 6 heteroatoms. The van der Waals surface area contributed by atoms with E-state index < -0.39 is 0 Å². The van der Waals surface area contributed by atoms with Gasteiger partial charge in [-0.15, -0.1) is 0 Å². The zero-order chi connectivity index (χ0) is 16.0. The number of rotatable bonds is 2. The maximum Gasteiger partial charge on any atom is 0.273 e. The summed E-state index contributed by atoms with van der Waals surface area (Å²) in [6, 6.07) is 9.66. The molecular formula is C17H15N5O. The molecular weight excluding hydrogens is 290 g/mol. The zero-order valence-corrected chi connectivity index (χ0v) is 12.8. The molecule has 0 saturated heterocycles. The van der Waals surface area contributed by atoms with E-state index in [1.54, 1.807) is 17.1 Å². The fraction of sp³-hybridized carbons (Fsp3) is 0.118. The standard InChI is InChI=1S/C17H15N5O/c1-11-3-5-12(6-4-11)14-9-19-22-16(23)7-15(20-17(14)22)13-8-18-21(2)10-13/h3-10,19H,1-2H3. The second-order valence-corrected chi connectivity index (χ2v) is 5.59. The van der Waals surface area contributed by atoms with Crippen LogP contribution >= 0.6 is 0 Å². The molecule has 0 bridgehead atoms. The Bertz CT molecular complexity index is 1050. The zero-order valence-electron chi connectivity index (χ0n) is 12.8. The van der Waals surface area contributed by atoms with Gasteiger partial charge in [0.05, 0.1) is 11.9 Å². The number of fused-ring (bicyclic) bond motifs is 1. The summed E-state index contributed by atoms with van der Waals surface area (Å²) in [5.74, 6) is 0. The SMILES string of the molecule is Cc1ccc(-c2c[nH]n3c(=O)cc(-c4cnn(C)c4)nc23)cc1. The van der Waals surface area contributed by atoms with Crippen LogP contribution in [0.15, 0.2) is 53.7 Å². The molecule has 0 amide bonds. The lowest BCUT2D eigenvalue weighted by atomic mass is 10.1. The van der Waals surface area contributed by atoms with E-state index in [2.05, 4.69) is 15.2 Å². The Morgan fingerprint density at radius 2 is 1.91 bits per heavy atom. The van der Waals surface area contributed by atoms with Crippen LogP contribution in [0.25, 0.3) is 28.0 Å². The van der Waals surface area contributed by atoms with Gasteiger partial charge in [-0.05, 0) is 12.5 Å². The maximum absolute atomic E-state index is 12.3. The first-order chi connectivity index (χ1) is 11.1.